The lowest BCUT2D eigenvalue weighted by molar-refractivity contribution is 0.127. The average Bonchev–Trinajstić information content (AvgIpc) is 2.52. The van der Waals surface area contributed by atoms with Crippen LogP contribution in [-0.2, 0) is 11.3 Å². The highest BCUT2D eigenvalue weighted by atomic mass is 16.5. The molecule has 0 saturated carbocycles. The Kier molecular flexibility index (Phi) is 3.45. The highest BCUT2D eigenvalue weighted by molar-refractivity contribution is 4.95. The predicted octanol–water partition coefficient (Wildman–Crippen LogP) is 0.924. The Balaban J connectivity index is 2.33. The van der Waals surface area contributed by atoms with Gasteiger partial charge in [-0.3, -0.25) is 0 Å². The second-order valence-corrected chi connectivity index (χ2v) is 3.75. The average molecular weight is 183 g/mol. The molecular weight excluding hydrogens is 166 g/mol. The van der Waals surface area contributed by atoms with E-state index in [1.54, 1.807) is 13.4 Å². The van der Waals surface area contributed by atoms with E-state index in [1.165, 1.54) is 0 Å². The van der Waals surface area contributed by atoms with Gasteiger partial charge in [-0.25, -0.2) is 4.98 Å². The summed E-state index contributed by atoms with van der Waals surface area (Å²) in [4.78, 5) is 6.98. The molecular formula is C9H17N3O. The first-order valence-corrected chi connectivity index (χ1v) is 4.35. The van der Waals surface area contributed by atoms with E-state index >= 15 is 0 Å². The molecule has 2 N–H and O–H groups in total. The standard InChI is InChI=1S/C9H17N3O/c1-9(2,6-13-3)12-5-8-4-10-7-11-8/h4,7,12H,5-6H2,1-3H3,(H,10,11). The van der Waals surface area contributed by atoms with Crippen LogP contribution in [0.5, 0.6) is 0 Å². The third-order valence-corrected chi connectivity index (χ3v) is 1.82. The summed E-state index contributed by atoms with van der Waals surface area (Å²) in [6.07, 6.45) is 3.50. The minimum Gasteiger partial charge on any atom is -0.383 e. The predicted molar refractivity (Wildman–Crippen MR) is 51.4 cm³/mol. The summed E-state index contributed by atoms with van der Waals surface area (Å²) in [5.74, 6) is 0. The van der Waals surface area contributed by atoms with Crippen LogP contribution in [0.1, 0.15) is 19.5 Å². The first-order chi connectivity index (χ1) is 6.14. The first kappa shape index (κ1) is 10.2. The van der Waals surface area contributed by atoms with Crippen molar-refractivity contribution in [3.05, 3.63) is 18.2 Å². The van der Waals surface area contributed by atoms with Crippen LogP contribution >= 0.6 is 0 Å². The van der Waals surface area contributed by atoms with E-state index < -0.39 is 0 Å². The lowest BCUT2D eigenvalue weighted by Gasteiger charge is -2.24. The van der Waals surface area contributed by atoms with Gasteiger partial charge in [0.05, 0.1) is 12.9 Å². The Morgan fingerprint density at radius 1 is 1.62 bits per heavy atom. The Hall–Kier alpha value is -0.870. The van der Waals surface area contributed by atoms with Crippen molar-refractivity contribution < 1.29 is 4.74 Å². The highest BCUT2D eigenvalue weighted by Gasteiger charge is 2.16. The molecule has 1 heterocycles. The minimum absolute atomic E-state index is 0.000139. The van der Waals surface area contributed by atoms with Gasteiger partial charge in [0.1, 0.15) is 0 Å². The second-order valence-electron chi connectivity index (χ2n) is 3.75. The molecule has 0 unspecified atom stereocenters. The summed E-state index contributed by atoms with van der Waals surface area (Å²) in [7, 11) is 1.71. The number of rotatable bonds is 5. The van der Waals surface area contributed by atoms with Crippen LogP contribution < -0.4 is 5.32 Å². The number of methoxy groups -OCH3 is 1. The van der Waals surface area contributed by atoms with Gasteiger partial charge >= 0.3 is 0 Å². The highest BCUT2D eigenvalue weighted by Crippen LogP contribution is 2.03. The molecule has 0 bridgehead atoms. The maximum atomic E-state index is 5.09. The summed E-state index contributed by atoms with van der Waals surface area (Å²) >= 11 is 0. The van der Waals surface area contributed by atoms with Gasteiger partial charge in [-0.05, 0) is 13.8 Å². The molecule has 0 radical (unpaired) electrons. The molecule has 0 atom stereocenters. The lowest BCUT2D eigenvalue weighted by Crippen LogP contribution is -2.42. The SMILES string of the molecule is COCC(C)(C)NCc1cnc[nH]1. The van der Waals surface area contributed by atoms with Gasteiger partial charge in [0, 0.05) is 31.1 Å². The fourth-order valence-corrected chi connectivity index (χ4v) is 1.13. The van der Waals surface area contributed by atoms with Crippen molar-refractivity contribution >= 4 is 0 Å². The van der Waals surface area contributed by atoms with Crippen molar-refractivity contribution in [1.82, 2.24) is 15.3 Å². The van der Waals surface area contributed by atoms with Crippen LogP contribution in [0.3, 0.4) is 0 Å². The van der Waals surface area contributed by atoms with Crippen LogP contribution in [0.15, 0.2) is 12.5 Å². The number of aromatic amines is 1. The molecule has 0 aromatic carbocycles. The number of aromatic nitrogens is 2. The van der Waals surface area contributed by atoms with E-state index in [1.807, 2.05) is 6.20 Å². The third-order valence-electron chi connectivity index (χ3n) is 1.82. The Labute approximate surface area is 78.7 Å². The van der Waals surface area contributed by atoms with Crippen molar-refractivity contribution in [1.29, 1.82) is 0 Å². The van der Waals surface area contributed by atoms with Gasteiger partial charge in [0.2, 0.25) is 0 Å². The fourth-order valence-electron chi connectivity index (χ4n) is 1.13. The normalized spacial score (nSPS) is 11.9. The van der Waals surface area contributed by atoms with E-state index in [0.29, 0.717) is 6.61 Å². The maximum Gasteiger partial charge on any atom is 0.0922 e. The van der Waals surface area contributed by atoms with E-state index in [2.05, 4.69) is 29.1 Å². The van der Waals surface area contributed by atoms with Gasteiger partial charge in [0.25, 0.3) is 0 Å². The van der Waals surface area contributed by atoms with Gasteiger partial charge in [-0.15, -0.1) is 0 Å². The van der Waals surface area contributed by atoms with E-state index in [9.17, 15) is 0 Å². The van der Waals surface area contributed by atoms with Crippen LogP contribution in [0.25, 0.3) is 0 Å². The van der Waals surface area contributed by atoms with Crippen LogP contribution in [0, 0.1) is 0 Å². The monoisotopic (exact) mass is 183 g/mol. The van der Waals surface area contributed by atoms with Crippen LogP contribution in [0.4, 0.5) is 0 Å². The van der Waals surface area contributed by atoms with Gasteiger partial charge < -0.3 is 15.0 Å². The molecule has 0 aliphatic rings. The summed E-state index contributed by atoms with van der Waals surface area (Å²) < 4.78 is 5.09. The lowest BCUT2D eigenvalue weighted by atomic mass is 10.1. The van der Waals surface area contributed by atoms with Gasteiger partial charge in [-0.2, -0.15) is 0 Å². The summed E-state index contributed by atoms with van der Waals surface area (Å²) in [5.41, 5.74) is 1.09. The zero-order valence-corrected chi connectivity index (χ0v) is 8.42. The zero-order chi connectivity index (χ0) is 9.73. The number of hydrogen-bond donors (Lipinski definition) is 2. The molecule has 1 rings (SSSR count). The number of imidazole rings is 1. The van der Waals surface area contributed by atoms with Crippen LogP contribution in [0.2, 0.25) is 0 Å². The fraction of sp³-hybridized carbons (Fsp3) is 0.667. The van der Waals surface area contributed by atoms with E-state index in [0.717, 1.165) is 12.2 Å². The van der Waals surface area contributed by atoms with Crippen molar-refractivity contribution in [3.63, 3.8) is 0 Å². The van der Waals surface area contributed by atoms with Crippen LogP contribution in [-0.4, -0.2) is 29.2 Å². The summed E-state index contributed by atoms with van der Waals surface area (Å²) in [6, 6.07) is 0. The maximum absolute atomic E-state index is 5.09. The number of H-pyrrole nitrogens is 1. The molecule has 0 fully saturated rings. The van der Waals surface area contributed by atoms with Crippen molar-refractivity contribution in [3.8, 4) is 0 Å². The molecule has 13 heavy (non-hydrogen) atoms. The smallest absolute Gasteiger partial charge is 0.0922 e. The minimum atomic E-state index is -0.000139. The summed E-state index contributed by atoms with van der Waals surface area (Å²) in [5, 5.41) is 3.37. The third kappa shape index (κ3) is 3.57. The molecule has 0 aliphatic carbocycles. The largest absolute Gasteiger partial charge is 0.383 e. The molecule has 0 saturated heterocycles. The van der Waals surface area contributed by atoms with Gasteiger partial charge in [-0.1, -0.05) is 0 Å². The molecule has 1 aromatic rings. The first-order valence-electron chi connectivity index (χ1n) is 4.35. The Bertz CT molecular complexity index is 231. The quantitative estimate of drug-likeness (QED) is 0.713. The summed E-state index contributed by atoms with van der Waals surface area (Å²) in [6.45, 7) is 5.69. The van der Waals surface area contributed by atoms with E-state index in [4.69, 9.17) is 4.74 Å². The van der Waals surface area contributed by atoms with Gasteiger partial charge in [0.15, 0.2) is 0 Å². The number of nitrogens with zero attached hydrogens (tertiary/aromatic N) is 1. The second kappa shape index (κ2) is 4.39. The molecule has 0 amide bonds. The molecule has 0 aliphatic heterocycles. The molecule has 4 nitrogen and oxygen atoms in total. The zero-order valence-electron chi connectivity index (χ0n) is 8.42. The Morgan fingerprint density at radius 3 is 2.92 bits per heavy atom. The molecule has 0 spiro atoms. The van der Waals surface area contributed by atoms with E-state index in [-0.39, 0.29) is 5.54 Å². The molecule has 1 aromatic heterocycles. The molecule has 74 valence electrons. The van der Waals surface area contributed by atoms with Crippen molar-refractivity contribution in [2.75, 3.05) is 13.7 Å². The number of ether oxygens (including phenoxy) is 1. The van der Waals surface area contributed by atoms with Crippen molar-refractivity contribution in [2.24, 2.45) is 0 Å². The topological polar surface area (TPSA) is 49.9 Å². The Morgan fingerprint density at radius 2 is 2.38 bits per heavy atom. The number of hydrogen-bond acceptors (Lipinski definition) is 3. The molecule has 4 heteroatoms. The number of nitrogens with one attached hydrogen (secondary N) is 2. The van der Waals surface area contributed by atoms with Crippen molar-refractivity contribution in [2.45, 2.75) is 25.9 Å².